The number of carbonyl (C=O) groups excluding carboxylic acids is 1. The van der Waals surface area contributed by atoms with Crippen LogP contribution in [0.2, 0.25) is 0 Å². The van der Waals surface area contributed by atoms with E-state index in [4.69, 9.17) is 9.47 Å². The first-order chi connectivity index (χ1) is 12.1. The molecule has 0 fully saturated rings. The van der Waals surface area contributed by atoms with Gasteiger partial charge >= 0.3 is 5.97 Å². The SMILES string of the molecule is Cc1cccc(OCCOC(=O)c2csc(-c3ccc(F)cc3)n2)c1. The van der Waals surface area contributed by atoms with Gasteiger partial charge in [-0.3, -0.25) is 0 Å². The maximum absolute atomic E-state index is 13.0. The van der Waals surface area contributed by atoms with Crippen molar-refractivity contribution in [2.45, 2.75) is 6.92 Å². The highest BCUT2D eigenvalue weighted by atomic mass is 32.1. The van der Waals surface area contributed by atoms with Gasteiger partial charge in [0.25, 0.3) is 0 Å². The lowest BCUT2D eigenvalue weighted by molar-refractivity contribution is 0.0444. The Kier molecular flexibility index (Phi) is 5.40. The van der Waals surface area contributed by atoms with E-state index in [-0.39, 0.29) is 24.7 Å². The molecule has 0 saturated heterocycles. The van der Waals surface area contributed by atoms with Crippen LogP contribution in [0.25, 0.3) is 10.6 Å². The van der Waals surface area contributed by atoms with Crippen LogP contribution < -0.4 is 4.74 Å². The van der Waals surface area contributed by atoms with Crippen LogP contribution in [0.3, 0.4) is 0 Å². The summed E-state index contributed by atoms with van der Waals surface area (Å²) in [5.74, 6) is -0.0747. The maximum atomic E-state index is 13.0. The van der Waals surface area contributed by atoms with Crippen LogP contribution in [-0.4, -0.2) is 24.2 Å². The van der Waals surface area contributed by atoms with E-state index in [0.29, 0.717) is 5.01 Å². The predicted molar refractivity (Wildman–Crippen MR) is 94.5 cm³/mol. The molecule has 0 aliphatic carbocycles. The molecule has 0 atom stereocenters. The van der Waals surface area contributed by atoms with Crippen LogP contribution in [0.1, 0.15) is 16.1 Å². The molecular weight excluding hydrogens is 341 g/mol. The van der Waals surface area contributed by atoms with E-state index in [1.807, 2.05) is 31.2 Å². The van der Waals surface area contributed by atoms with Gasteiger partial charge < -0.3 is 9.47 Å². The summed E-state index contributed by atoms with van der Waals surface area (Å²) in [7, 11) is 0. The van der Waals surface area contributed by atoms with E-state index in [9.17, 15) is 9.18 Å². The summed E-state index contributed by atoms with van der Waals surface area (Å²) in [6, 6.07) is 13.6. The molecule has 0 spiro atoms. The average molecular weight is 357 g/mol. The van der Waals surface area contributed by atoms with Gasteiger partial charge in [-0.25, -0.2) is 14.2 Å². The highest BCUT2D eigenvalue weighted by Crippen LogP contribution is 2.24. The summed E-state index contributed by atoms with van der Waals surface area (Å²) in [4.78, 5) is 16.3. The van der Waals surface area contributed by atoms with Crippen molar-refractivity contribution in [2.75, 3.05) is 13.2 Å². The second kappa shape index (κ2) is 7.90. The monoisotopic (exact) mass is 357 g/mol. The van der Waals surface area contributed by atoms with Crippen molar-refractivity contribution < 1.29 is 18.7 Å². The lowest BCUT2D eigenvalue weighted by atomic mass is 10.2. The first-order valence-electron chi connectivity index (χ1n) is 7.70. The quantitative estimate of drug-likeness (QED) is 0.482. The number of rotatable bonds is 6. The van der Waals surface area contributed by atoms with E-state index in [1.54, 1.807) is 17.5 Å². The number of hydrogen-bond donors (Lipinski definition) is 0. The Hall–Kier alpha value is -2.73. The molecule has 128 valence electrons. The number of esters is 1. The molecule has 0 aliphatic rings. The van der Waals surface area contributed by atoms with E-state index in [1.165, 1.54) is 23.5 Å². The van der Waals surface area contributed by atoms with E-state index in [0.717, 1.165) is 16.9 Å². The Labute approximate surface area is 148 Å². The van der Waals surface area contributed by atoms with Crippen LogP contribution in [0.15, 0.2) is 53.9 Å². The van der Waals surface area contributed by atoms with Crippen LogP contribution in [0.4, 0.5) is 4.39 Å². The van der Waals surface area contributed by atoms with Crippen molar-refractivity contribution in [3.05, 3.63) is 71.0 Å². The number of ether oxygens (including phenoxy) is 2. The van der Waals surface area contributed by atoms with Gasteiger partial charge in [-0.15, -0.1) is 11.3 Å². The van der Waals surface area contributed by atoms with Crippen LogP contribution in [0, 0.1) is 12.7 Å². The van der Waals surface area contributed by atoms with Gasteiger partial charge in [0.05, 0.1) is 0 Å². The molecule has 4 nitrogen and oxygen atoms in total. The third-order valence-corrected chi connectivity index (χ3v) is 4.27. The molecule has 0 N–H and O–H groups in total. The number of nitrogens with zero attached hydrogens (tertiary/aromatic N) is 1. The maximum Gasteiger partial charge on any atom is 0.357 e. The van der Waals surface area contributed by atoms with Gasteiger partial charge in [-0.2, -0.15) is 0 Å². The highest BCUT2D eigenvalue weighted by molar-refractivity contribution is 7.13. The second-order valence-corrected chi connectivity index (χ2v) is 6.20. The van der Waals surface area contributed by atoms with Crippen molar-refractivity contribution in [3.63, 3.8) is 0 Å². The standard InChI is InChI=1S/C19H16FNO3S/c1-13-3-2-4-16(11-13)23-9-10-24-19(22)17-12-25-18(21-17)14-5-7-15(20)8-6-14/h2-8,11-12H,9-10H2,1H3. The topological polar surface area (TPSA) is 48.4 Å². The number of carbonyl (C=O) groups is 1. The third-order valence-electron chi connectivity index (χ3n) is 3.38. The number of halogens is 1. The van der Waals surface area contributed by atoms with Gasteiger partial charge in [0.1, 0.15) is 29.8 Å². The van der Waals surface area contributed by atoms with Crippen molar-refractivity contribution in [1.29, 1.82) is 0 Å². The second-order valence-electron chi connectivity index (χ2n) is 5.35. The molecule has 0 unspecified atom stereocenters. The minimum absolute atomic E-state index is 0.135. The lowest BCUT2D eigenvalue weighted by Crippen LogP contribution is -2.12. The van der Waals surface area contributed by atoms with Crippen LogP contribution in [0.5, 0.6) is 5.75 Å². The molecule has 0 bridgehead atoms. The molecule has 6 heteroatoms. The Morgan fingerprint density at radius 2 is 1.96 bits per heavy atom. The largest absolute Gasteiger partial charge is 0.490 e. The Balaban J connectivity index is 1.51. The van der Waals surface area contributed by atoms with Gasteiger partial charge in [0, 0.05) is 10.9 Å². The predicted octanol–water partition coefficient (Wildman–Crippen LogP) is 4.49. The zero-order valence-corrected chi connectivity index (χ0v) is 14.4. The molecule has 1 aromatic heterocycles. The zero-order valence-electron chi connectivity index (χ0n) is 13.6. The minimum atomic E-state index is -0.502. The molecule has 0 radical (unpaired) electrons. The van der Waals surface area contributed by atoms with Crippen molar-refractivity contribution in [2.24, 2.45) is 0 Å². The summed E-state index contributed by atoms with van der Waals surface area (Å²) in [6.07, 6.45) is 0. The molecule has 3 aromatic rings. The molecule has 0 saturated carbocycles. The molecule has 0 amide bonds. The lowest BCUT2D eigenvalue weighted by Gasteiger charge is -2.07. The fraction of sp³-hybridized carbons (Fsp3) is 0.158. The summed E-state index contributed by atoms with van der Waals surface area (Å²) in [5, 5.41) is 2.27. The fourth-order valence-electron chi connectivity index (χ4n) is 2.17. The highest BCUT2D eigenvalue weighted by Gasteiger charge is 2.13. The summed E-state index contributed by atoms with van der Waals surface area (Å²) >= 11 is 1.31. The number of aromatic nitrogens is 1. The molecule has 0 aliphatic heterocycles. The van der Waals surface area contributed by atoms with E-state index >= 15 is 0 Å². The van der Waals surface area contributed by atoms with E-state index < -0.39 is 5.97 Å². The number of hydrogen-bond acceptors (Lipinski definition) is 5. The normalized spacial score (nSPS) is 10.5. The third kappa shape index (κ3) is 4.64. The van der Waals surface area contributed by atoms with Gasteiger partial charge in [-0.1, -0.05) is 12.1 Å². The molecule has 25 heavy (non-hydrogen) atoms. The minimum Gasteiger partial charge on any atom is -0.490 e. The summed E-state index contributed by atoms with van der Waals surface area (Å²) in [6.45, 7) is 2.38. The fourth-order valence-corrected chi connectivity index (χ4v) is 2.96. The molecular formula is C19H16FNO3S. The van der Waals surface area contributed by atoms with E-state index in [2.05, 4.69) is 4.98 Å². The molecule has 1 heterocycles. The molecule has 2 aromatic carbocycles. The number of benzene rings is 2. The summed E-state index contributed by atoms with van der Waals surface area (Å²) in [5.41, 5.74) is 2.10. The number of aryl methyl sites for hydroxylation is 1. The smallest absolute Gasteiger partial charge is 0.357 e. The average Bonchev–Trinajstić information content (AvgIpc) is 3.09. The van der Waals surface area contributed by atoms with Crippen molar-refractivity contribution in [1.82, 2.24) is 4.98 Å². The first kappa shape index (κ1) is 17.1. The zero-order chi connectivity index (χ0) is 17.6. The van der Waals surface area contributed by atoms with Crippen molar-refractivity contribution in [3.8, 4) is 16.3 Å². The number of thiazole rings is 1. The van der Waals surface area contributed by atoms with Gasteiger partial charge in [-0.05, 0) is 48.9 Å². The first-order valence-corrected chi connectivity index (χ1v) is 8.58. The van der Waals surface area contributed by atoms with Crippen LogP contribution in [-0.2, 0) is 4.74 Å². The van der Waals surface area contributed by atoms with Gasteiger partial charge in [0.15, 0.2) is 5.69 Å². The van der Waals surface area contributed by atoms with Gasteiger partial charge in [0.2, 0.25) is 0 Å². The van der Waals surface area contributed by atoms with Crippen molar-refractivity contribution >= 4 is 17.3 Å². The Morgan fingerprint density at radius 1 is 1.16 bits per heavy atom. The summed E-state index contributed by atoms with van der Waals surface area (Å²) < 4.78 is 23.6. The Bertz CT molecular complexity index is 861. The molecule has 3 rings (SSSR count). The Morgan fingerprint density at radius 3 is 2.72 bits per heavy atom. The van der Waals surface area contributed by atoms with Crippen LogP contribution >= 0.6 is 11.3 Å².